The van der Waals surface area contributed by atoms with Crippen molar-refractivity contribution in [2.24, 2.45) is 0 Å². The van der Waals surface area contributed by atoms with Crippen molar-refractivity contribution in [2.45, 2.75) is 4.90 Å². The van der Waals surface area contributed by atoms with E-state index in [0.717, 1.165) is 0 Å². The second kappa shape index (κ2) is 8.93. The van der Waals surface area contributed by atoms with Crippen LogP contribution < -0.4 is 14.8 Å². The summed E-state index contributed by atoms with van der Waals surface area (Å²) in [5.41, 5.74) is 0.252. The van der Waals surface area contributed by atoms with Crippen LogP contribution in [0, 0.1) is 0 Å². The minimum Gasteiger partial charge on any atom is -0.484 e. The zero-order chi connectivity index (χ0) is 19.2. The Morgan fingerprint density at radius 1 is 1.12 bits per heavy atom. The molecule has 6 nitrogen and oxygen atoms in total. The summed E-state index contributed by atoms with van der Waals surface area (Å²) in [6.07, 6.45) is 1.55. The smallest absolute Gasteiger partial charge is 0.261 e. The molecule has 0 aliphatic heterocycles. The second-order valence-electron chi connectivity index (χ2n) is 5.12. The van der Waals surface area contributed by atoms with E-state index in [2.05, 4.69) is 16.6 Å². The Kier molecular flexibility index (Phi) is 6.90. The Bertz CT molecular complexity index is 879. The molecule has 0 saturated carbocycles. The van der Waals surface area contributed by atoms with Gasteiger partial charge in [-0.25, -0.2) is 8.42 Å². The molecule has 1 amide bonds. The van der Waals surface area contributed by atoms with E-state index in [1.165, 1.54) is 42.5 Å². The van der Waals surface area contributed by atoms with E-state index >= 15 is 0 Å². The first-order valence-corrected chi connectivity index (χ1v) is 9.63. The molecular weight excluding hydrogens is 399 g/mol. The van der Waals surface area contributed by atoms with E-state index in [-0.39, 0.29) is 23.1 Å². The van der Waals surface area contributed by atoms with Crippen LogP contribution in [-0.2, 0) is 14.8 Å². The van der Waals surface area contributed by atoms with Gasteiger partial charge in [0, 0.05) is 16.6 Å². The highest BCUT2D eigenvalue weighted by atomic mass is 35.5. The minimum absolute atomic E-state index is 0.0251. The normalized spacial score (nSPS) is 10.8. The lowest BCUT2D eigenvalue weighted by molar-refractivity contribution is -0.122. The van der Waals surface area contributed by atoms with Crippen molar-refractivity contribution in [2.75, 3.05) is 17.9 Å². The lowest BCUT2D eigenvalue weighted by Gasteiger charge is -2.10. The van der Waals surface area contributed by atoms with Crippen molar-refractivity contribution in [1.29, 1.82) is 0 Å². The van der Waals surface area contributed by atoms with Crippen LogP contribution in [-0.4, -0.2) is 27.5 Å². The highest BCUT2D eigenvalue weighted by molar-refractivity contribution is 7.92. The third-order valence-electron chi connectivity index (χ3n) is 3.06. The van der Waals surface area contributed by atoms with Gasteiger partial charge < -0.3 is 10.1 Å². The van der Waals surface area contributed by atoms with Gasteiger partial charge in [0.2, 0.25) is 0 Å². The maximum absolute atomic E-state index is 12.4. The van der Waals surface area contributed by atoms with Crippen LogP contribution >= 0.6 is 23.2 Å². The van der Waals surface area contributed by atoms with Gasteiger partial charge in [0.15, 0.2) is 6.61 Å². The Morgan fingerprint density at radius 2 is 1.73 bits per heavy atom. The van der Waals surface area contributed by atoms with E-state index in [1.54, 1.807) is 6.08 Å². The summed E-state index contributed by atoms with van der Waals surface area (Å²) in [5.74, 6) is 0.0598. The monoisotopic (exact) mass is 414 g/mol. The molecule has 2 aromatic carbocycles. The number of ether oxygens (including phenoxy) is 1. The Hall–Kier alpha value is -2.22. The fourth-order valence-electron chi connectivity index (χ4n) is 1.93. The summed E-state index contributed by atoms with van der Waals surface area (Å²) < 4.78 is 32.5. The van der Waals surface area contributed by atoms with Crippen LogP contribution in [0.3, 0.4) is 0 Å². The molecule has 0 aromatic heterocycles. The number of hydrogen-bond acceptors (Lipinski definition) is 4. The first-order valence-electron chi connectivity index (χ1n) is 7.39. The molecule has 0 spiro atoms. The maximum Gasteiger partial charge on any atom is 0.261 e. The zero-order valence-electron chi connectivity index (χ0n) is 13.5. The number of halogens is 2. The van der Waals surface area contributed by atoms with E-state index in [0.29, 0.717) is 22.3 Å². The summed E-state index contributed by atoms with van der Waals surface area (Å²) in [4.78, 5) is 11.5. The lowest BCUT2D eigenvalue weighted by Crippen LogP contribution is -2.28. The Balaban J connectivity index is 2.04. The number of carbonyl (C=O) groups excluding carboxylic acids is 1. The summed E-state index contributed by atoms with van der Waals surface area (Å²) in [6.45, 7) is 3.65. The fourth-order valence-corrected chi connectivity index (χ4v) is 3.49. The standard InChI is InChI=1S/C17H16Cl2N2O4S/c1-2-7-20-17(22)11-25-15-3-5-16(6-4-15)26(23,24)21-14-9-12(18)8-13(19)10-14/h2-6,8-10,21H,1,7,11H2,(H,20,22). The molecule has 9 heteroatoms. The number of amides is 1. The molecule has 0 fully saturated rings. The summed E-state index contributed by atoms with van der Waals surface area (Å²) in [7, 11) is -3.82. The molecule has 0 aliphatic rings. The van der Waals surface area contributed by atoms with Gasteiger partial charge in [-0.2, -0.15) is 0 Å². The van der Waals surface area contributed by atoms with E-state index in [4.69, 9.17) is 27.9 Å². The molecule has 0 heterocycles. The van der Waals surface area contributed by atoms with Gasteiger partial charge >= 0.3 is 0 Å². The van der Waals surface area contributed by atoms with E-state index in [9.17, 15) is 13.2 Å². The van der Waals surface area contributed by atoms with Gasteiger partial charge in [-0.15, -0.1) is 6.58 Å². The van der Waals surface area contributed by atoms with Crippen molar-refractivity contribution < 1.29 is 17.9 Å². The van der Waals surface area contributed by atoms with E-state index in [1.807, 2.05) is 0 Å². The molecule has 2 N–H and O–H groups in total. The van der Waals surface area contributed by atoms with Crippen LogP contribution in [0.1, 0.15) is 0 Å². The number of sulfonamides is 1. The van der Waals surface area contributed by atoms with Crippen LogP contribution in [0.4, 0.5) is 5.69 Å². The Labute approximate surface area is 161 Å². The lowest BCUT2D eigenvalue weighted by atomic mass is 10.3. The van der Waals surface area contributed by atoms with Gasteiger partial charge in [-0.05, 0) is 42.5 Å². The van der Waals surface area contributed by atoms with Crippen LogP contribution in [0.5, 0.6) is 5.75 Å². The molecule has 0 atom stereocenters. The zero-order valence-corrected chi connectivity index (χ0v) is 15.9. The molecule has 2 rings (SSSR count). The average Bonchev–Trinajstić information content (AvgIpc) is 2.57. The summed E-state index contributed by atoms with van der Waals surface area (Å²) >= 11 is 11.7. The first-order chi connectivity index (χ1) is 12.3. The molecule has 0 radical (unpaired) electrons. The number of nitrogens with one attached hydrogen (secondary N) is 2. The maximum atomic E-state index is 12.4. The van der Waals surface area contributed by atoms with Gasteiger partial charge in [-0.1, -0.05) is 29.3 Å². The molecule has 26 heavy (non-hydrogen) atoms. The molecular formula is C17H16Cl2N2O4S. The Morgan fingerprint density at radius 3 is 2.31 bits per heavy atom. The minimum atomic E-state index is -3.82. The molecule has 0 unspecified atom stereocenters. The third-order valence-corrected chi connectivity index (χ3v) is 4.90. The molecule has 0 saturated heterocycles. The number of benzene rings is 2. The summed E-state index contributed by atoms with van der Waals surface area (Å²) in [5, 5.41) is 3.19. The number of carbonyl (C=O) groups is 1. The van der Waals surface area contributed by atoms with Crippen LogP contribution in [0.2, 0.25) is 10.0 Å². The third kappa shape index (κ3) is 5.94. The van der Waals surface area contributed by atoms with Gasteiger partial charge in [-0.3, -0.25) is 9.52 Å². The molecule has 138 valence electrons. The highest BCUT2D eigenvalue weighted by Gasteiger charge is 2.15. The van der Waals surface area contributed by atoms with Gasteiger partial charge in [0.25, 0.3) is 15.9 Å². The van der Waals surface area contributed by atoms with Crippen LogP contribution in [0.15, 0.2) is 60.0 Å². The number of anilines is 1. The number of hydrogen-bond donors (Lipinski definition) is 2. The topological polar surface area (TPSA) is 84.5 Å². The molecule has 2 aromatic rings. The van der Waals surface area contributed by atoms with Gasteiger partial charge in [0.1, 0.15) is 5.75 Å². The molecule has 0 aliphatic carbocycles. The quantitative estimate of drug-likeness (QED) is 0.647. The van der Waals surface area contributed by atoms with Crippen molar-refractivity contribution in [3.05, 3.63) is 65.2 Å². The largest absolute Gasteiger partial charge is 0.484 e. The fraction of sp³-hybridized carbons (Fsp3) is 0.118. The first kappa shape index (κ1) is 20.1. The van der Waals surface area contributed by atoms with Crippen molar-refractivity contribution in [1.82, 2.24) is 5.32 Å². The molecule has 0 bridgehead atoms. The average molecular weight is 415 g/mol. The van der Waals surface area contributed by atoms with Crippen molar-refractivity contribution in [3.8, 4) is 5.75 Å². The van der Waals surface area contributed by atoms with E-state index < -0.39 is 10.0 Å². The summed E-state index contributed by atoms with van der Waals surface area (Å²) in [6, 6.07) is 10.0. The van der Waals surface area contributed by atoms with Crippen molar-refractivity contribution in [3.63, 3.8) is 0 Å². The van der Waals surface area contributed by atoms with Crippen molar-refractivity contribution >= 4 is 44.8 Å². The van der Waals surface area contributed by atoms with Crippen LogP contribution in [0.25, 0.3) is 0 Å². The predicted molar refractivity (Wildman–Crippen MR) is 102 cm³/mol. The predicted octanol–water partition coefficient (Wildman–Crippen LogP) is 3.48. The van der Waals surface area contributed by atoms with Gasteiger partial charge in [0.05, 0.1) is 10.6 Å². The number of rotatable bonds is 8. The second-order valence-corrected chi connectivity index (χ2v) is 7.67. The highest BCUT2D eigenvalue weighted by Crippen LogP contribution is 2.25. The SMILES string of the molecule is C=CCNC(=O)COc1ccc(S(=O)(=O)Nc2cc(Cl)cc(Cl)c2)cc1.